The average molecular weight is 253 g/mol. The van der Waals surface area contributed by atoms with Gasteiger partial charge < -0.3 is 5.32 Å². The molecule has 0 unspecified atom stereocenters. The van der Waals surface area contributed by atoms with E-state index in [2.05, 4.69) is 21.6 Å². The van der Waals surface area contributed by atoms with Crippen LogP contribution in [-0.2, 0) is 10.0 Å². The summed E-state index contributed by atoms with van der Waals surface area (Å²) < 4.78 is 25.8. The van der Waals surface area contributed by atoms with E-state index < -0.39 is 10.0 Å². The van der Waals surface area contributed by atoms with Crippen LogP contribution in [0.25, 0.3) is 0 Å². The van der Waals surface area contributed by atoms with E-state index in [1.807, 2.05) is 0 Å². The highest BCUT2D eigenvalue weighted by Gasteiger charge is 2.21. The standard InChI is InChI=1S/C11H15N3O2S/c1-2-7-13-17(15,16)10-5-6-11(12-8-10)14-9-3-4-9/h2,5-6,8-9,13H,1,3-4,7H2,(H,12,14). The van der Waals surface area contributed by atoms with Crippen molar-refractivity contribution >= 4 is 15.8 Å². The molecule has 0 bridgehead atoms. The summed E-state index contributed by atoms with van der Waals surface area (Å²) in [4.78, 5) is 4.24. The van der Waals surface area contributed by atoms with Gasteiger partial charge in [0.2, 0.25) is 10.0 Å². The lowest BCUT2D eigenvalue weighted by Gasteiger charge is -2.06. The molecule has 6 heteroatoms. The summed E-state index contributed by atoms with van der Waals surface area (Å²) in [5.74, 6) is 0.718. The first kappa shape index (κ1) is 12.1. The maximum absolute atomic E-state index is 11.7. The maximum Gasteiger partial charge on any atom is 0.242 e. The minimum Gasteiger partial charge on any atom is -0.367 e. The van der Waals surface area contributed by atoms with Crippen LogP contribution in [-0.4, -0.2) is 26.0 Å². The zero-order chi connectivity index (χ0) is 12.3. The molecule has 1 saturated carbocycles. The monoisotopic (exact) mass is 253 g/mol. The number of sulfonamides is 1. The fourth-order valence-corrected chi connectivity index (χ4v) is 2.26. The highest BCUT2D eigenvalue weighted by molar-refractivity contribution is 7.89. The maximum atomic E-state index is 11.7. The van der Waals surface area contributed by atoms with Gasteiger partial charge in [0.15, 0.2) is 0 Å². The third kappa shape index (κ3) is 3.28. The van der Waals surface area contributed by atoms with Crippen LogP contribution in [0.2, 0.25) is 0 Å². The van der Waals surface area contributed by atoms with Gasteiger partial charge in [-0.2, -0.15) is 0 Å². The summed E-state index contributed by atoms with van der Waals surface area (Å²) >= 11 is 0. The fourth-order valence-electron chi connectivity index (χ4n) is 1.31. The largest absolute Gasteiger partial charge is 0.367 e. The summed E-state index contributed by atoms with van der Waals surface area (Å²) in [5.41, 5.74) is 0. The quantitative estimate of drug-likeness (QED) is 0.745. The van der Waals surface area contributed by atoms with Crippen LogP contribution in [0.15, 0.2) is 35.9 Å². The summed E-state index contributed by atoms with van der Waals surface area (Å²) in [5, 5.41) is 3.20. The first-order valence-electron chi connectivity index (χ1n) is 5.45. The Bertz CT molecular complexity index is 492. The molecule has 0 aliphatic heterocycles. The van der Waals surface area contributed by atoms with Crippen molar-refractivity contribution in [3.63, 3.8) is 0 Å². The van der Waals surface area contributed by atoms with Gasteiger partial charge in [-0.05, 0) is 25.0 Å². The summed E-state index contributed by atoms with van der Waals surface area (Å²) in [7, 11) is -3.46. The van der Waals surface area contributed by atoms with Crippen LogP contribution < -0.4 is 10.0 Å². The molecule has 2 N–H and O–H groups in total. The Balaban J connectivity index is 2.07. The van der Waals surface area contributed by atoms with Crippen LogP contribution in [0.4, 0.5) is 5.82 Å². The van der Waals surface area contributed by atoms with Crippen molar-refractivity contribution in [2.75, 3.05) is 11.9 Å². The SMILES string of the molecule is C=CCNS(=O)(=O)c1ccc(NC2CC2)nc1. The Kier molecular flexibility index (Phi) is 3.44. The zero-order valence-corrected chi connectivity index (χ0v) is 10.2. The molecule has 1 fully saturated rings. The second-order valence-electron chi connectivity index (χ2n) is 3.94. The molecule has 1 aromatic heterocycles. The highest BCUT2D eigenvalue weighted by Crippen LogP contribution is 2.23. The van der Waals surface area contributed by atoms with Gasteiger partial charge in [-0.3, -0.25) is 0 Å². The van der Waals surface area contributed by atoms with Crippen molar-refractivity contribution in [3.05, 3.63) is 31.0 Å². The van der Waals surface area contributed by atoms with Gasteiger partial charge >= 0.3 is 0 Å². The van der Waals surface area contributed by atoms with Gasteiger partial charge in [0.05, 0.1) is 0 Å². The normalized spacial score (nSPS) is 15.5. The summed E-state index contributed by atoms with van der Waals surface area (Å²) in [6, 6.07) is 3.73. The van der Waals surface area contributed by atoms with Gasteiger partial charge in [-0.1, -0.05) is 6.08 Å². The molecule has 0 spiro atoms. The van der Waals surface area contributed by atoms with Crippen molar-refractivity contribution in [2.24, 2.45) is 0 Å². The second-order valence-corrected chi connectivity index (χ2v) is 5.71. The van der Waals surface area contributed by atoms with Crippen LogP contribution in [0.3, 0.4) is 0 Å². The number of anilines is 1. The first-order valence-corrected chi connectivity index (χ1v) is 6.93. The van der Waals surface area contributed by atoms with Crippen molar-refractivity contribution < 1.29 is 8.42 Å². The molecule has 0 atom stereocenters. The molecule has 0 saturated heterocycles. The molecule has 1 aromatic rings. The van der Waals surface area contributed by atoms with E-state index >= 15 is 0 Å². The molecule has 0 amide bonds. The Morgan fingerprint density at radius 2 is 2.24 bits per heavy atom. The lowest BCUT2D eigenvalue weighted by atomic mass is 10.4. The predicted molar refractivity (Wildman–Crippen MR) is 66.3 cm³/mol. The van der Waals surface area contributed by atoms with Crippen LogP contribution in [0, 0.1) is 0 Å². The second kappa shape index (κ2) is 4.85. The summed E-state index contributed by atoms with van der Waals surface area (Å²) in [6.07, 6.45) is 5.16. The van der Waals surface area contributed by atoms with Crippen LogP contribution in [0.5, 0.6) is 0 Å². The fraction of sp³-hybridized carbons (Fsp3) is 0.364. The Hall–Kier alpha value is -1.40. The predicted octanol–water partition coefficient (Wildman–Crippen LogP) is 1.12. The van der Waals surface area contributed by atoms with E-state index in [0.717, 1.165) is 18.7 Å². The Morgan fingerprint density at radius 1 is 1.47 bits per heavy atom. The summed E-state index contributed by atoms with van der Waals surface area (Å²) in [6.45, 7) is 3.67. The lowest BCUT2D eigenvalue weighted by Crippen LogP contribution is -2.23. The topological polar surface area (TPSA) is 71.1 Å². The molecule has 2 rings (SSSR count). The Labute approximate surface area is 101 Å². The van der Waals surface area contributed by atoms with E-state index in [1.165, 1.54) is 12.3 Å². The number of aromatic nitrogens is 1. The number of rotatable bonds is 6. The van der Waals surface area contributed by atoms with Gasteiger partial charge in [-0.15, -0.1) is 6.58 Å². The van der Waals surface area contributed by atoms with Gasteiger partial charge in [-0.25, -0.2) is 18.1 Å². The third-order valence-corrected chi connectivity index (χ3v) is 3.80. The van der Waals surface area contributed by atoms with E-state index in [4.69, 9.17) is 0 Å². The average Bonchev–Trinajstić information content (AvgIpc) is 3.11. The van der Waals surface area contributed by atoms with Gasteiger partial charge in [0.1, 0.15) is 10.7 Å². The molecule has 1 heterocycles. The molecular weight excluding hydrogens is 238 g/mol. The molecule has 5 nitrogen and oxygen atoms in total. The molecular formula is C11H15N3O2S. The molecule has 0 radical (unpaired) electrons. The Morgan fingerprint density at radius 3 is 2.76 bits per heavy atom. The van der Waals surface area contributed by atoms with E-state index in [-0.39, 0.29) is 11.4 Å². The first-order chi connectivity index (χ1) is 8.12. The van der Waals surface area contributed by atoms with E-state index in [1.54, 1.807) is 12.1 Å². The molecule has 1 aliphatic carbocycles. The van der Waals surface area contributed by atoms with Crippen molar-refractivity contribution in [1.82, 2.24) is 9.71 Å². The number of pyridine rings is 1. The number of hydrogen-bond acceptors (Lipinski definition) is 4. The highest BCUT2D eigenvalue weighted by atomic mass is 32.2. The number of nitrogens with one attached hydrogen (secondary N) is 2. The van der Waals surface area contributed by atoms with E-state index in [9.17, 15) is 8.42 Å². The number of nitrogens with zero attached hydrogens (tertiary/aromatic N) is 1. The van der Waals surface area contributed by atoms with Crippen molar-refractivity contribution in [1.29, 1.82) is 0 Å². The zero-order valence-electron chi connectivity index (χ0n) is 9.39. The van der Waals surface area contributed by atoms with Crippen LogP contribution in [0.1, 0.15) is 12.8 Å². The minimum atomic E-state index is -3.46. The number of hydrogen-bond donors (Lipinski definition) is 2. The molecule has 92 valence electrons. The van der Waals surface area contributed by atoms with Gasteiger partial charge in [0.25, 0.3) is 0 Å². The molecule has 0 aromatic carbocycles. The third-order valence-electron chi connectivity index (χ3n) is 2.39. The molecule has 1 aliphatic rings. The van der Waals surface area contributed by atoms with E-state index in [0.29, 0.717) is 6.04 Å². The van der Waals surface area contributed by atoms with Gasteiger partial charge in [0, 0.05) is 18.8 Å². The lowest BCUT2D eigenvalue weighted by molar-refractivity contribution is 0.585. The van der Waals surface area contributed by atoms with Crippen LogP contribution >= 0.6 is 0 Å². The van der Waals surface area contributed by atoms with Crippen molar-refractivity contribution in [2.45, 2.75) is 23.8 Å². The minimum absolute atomic E-state index is 0.167. The smallest absolute Gasteiger partial charge is 0.242 e. The molecule has 17 heavy (non-hydrogen) atoms. The van der Waals surface area contributed by atoms with Crippen molar-refractivity contribution in [3.8, 4) is 0 Å².